The highest BCUT2D eigenvalue weighted by Gasteiger charge is 2.24. The SMILES string of the molecule is COc1cc2ccc(S(=O)(=O)N[C@@H](CCCN=C(N)N)C(=O)Cl)cc2cc1OC.Cl.Cl.N#N. The quantitative estimate of drug-likeness (QED) is 0.132. The Labute approximate surface area is 209 Å². The van der Waals surface area contributed by atoms with Crippen molar-refractivity contribution in [3.05, 3.63) is 30.3 Å². The van der Waals surface area contributed by atoms with Crippen molar-refractivity contribution >= 4 is 68.4 Å². The molecule has 184 valence electrons. The van der Waals surface area contributed by atoms with E-state index in [0.717, 1.165) is 5.39 Å². The summed E-state index contributed by atoms with van der Waals surface area (Å²) in [5, 5.41) is 12.6. The third kappa shape index (κ3) is 9.45. The number of nitrogens with one attached hydrogen (secondary N) is 1. The molecule has 0 aliphatic heterocycles. The van der Waals surface area contributed by atoms with Gasteiger partial charge < -0.3 is 20.9 Å². The van der Waals surface area contributed by atoms with Crippen LogP contribution in [0.4, 0.5) is 0 Å². The Morgan fingerprint density at radius 3 is 2.12 bits per heavy atom. The van der Waals surface area contributed by atoms with Crippen molar-refractivity contribution in [1.82, 2.24) is 4.72 Å². The van der Waals surface area contributed by atoms with Gasteiger partial charge in [0.05, 0.1) is 25.2 Å². The summed E-state index contributed by atoms with van der Waals surface area (Å²) in [6, 6.07) is 6.87. The molecule has 0 unspecified atom stereocenters. The van der Waals surface area contributed by atoms with Crippen LogP contribution in [0.2, 0.25) is 0 Å². The number of nitrogens with two attached hydrogens (primary N) is 2. The lowest BCUT2D eigenvalue weighted by atomic mass is 10.1. The van der Waals surface area contributed by atoms with Crippen LogP contribution in [0, 0.1) is 10.8 Å². The molecule has 0 amide bonds. The number of sulfonamides is 1. The molecule has 11 nitrogen and oxygen atoms in total. The summed E-state index contributed by atoms with van der Waals surface area (Å²) >= 11 is 5.57. The van der Waals surface area contributed by atoms with Gasteiger partial charge in [-0.25, -0.2) is 8.42 Å². The van der Waals surface area contributed by atoms with Gasteiger partial charge in [-0.05, 0) is 59.5 Å². The summed E-state index contributed by atoms with van der Waals surface area (Å²) in [5.74, 6) is 0.918. The molecule has 0 spiro atoms. The lowest BCUT2D eigenvalue weighted by Crippen LogP contribution is -2.39. The van der Waals surface area contributed by atoms with E-state index in [0.29, 0.717) is 23.3 Å². The maximum absolute atomic E-state index is 12.8. The Morgan fingerprint density at radius 2 is 1.64 bits per heavy atom. The summed E-state index contributed by atoms with van der Waals surface area (Å²) in [6.45, 7) is 0.252. The molecule has 0 aromatic heterocycles. The maximum Gasteiger partial charge on any atom is 0.241 e. The van der Waals surface area contributed by atoms with Crippen molar-refractivity contribution in [2.75, 3.05) is 20.8 Å². The molecule has 0 aliphatic carbocycles. The van der Waals surface area contributed by atoms with Crippen molar-refractivity contribution < 1.29 is 22.7 Å². The largest absolute Gasteiger partial charge is 0.493 e. The zero-order chi connectivity index (χ0) is 23.6. The topological polar surface area (TPSA) is 194 Å². The zero-order valence-corrected chi connectivity index (χ0v) is 20.9. The van der Waals surface area contributed by atoms with Gasteiger partial charge in [0.15, 0.2) is 17.5 Å². The Morgan fingerprint density at radius 1 is 1.09 bits per heavy atom. The molecule has 15 heteroatoms. The van der Waals surface area contributed by atoms with Gasteiger partial charge in [-0.15, -0.1) is 24.8 Å². The first kappa shape index (κ1) is 32.6. The van der Waals surface area contributed by atoms with E-state index in [2.05, 4.69) is 9.71 Å². The fourth-order valence-electron chi connectivity index (χ4n) is 2.70. The van der Waals surface area contributed by atoms with Gasteiger partial charge in [-0.3, -0.25) is 9.79 Å². The summed E-state index contributed by atoms with van der Waals surface area (Å²) in [7, 11) is -0.990. The van der Waals surface area contributed by atoms with Crippen molar-refractivity contribution in [2.45, 2.75) is 23.8 Å². The first-order chi connectivity index (χ1) is 14.7. The number of benzene rings is 2. The number of fused-ring (bicyclic) bond motifs is 1. The maximum atomic E-state index is 12.8. The molecule has 33 heavy (non-hydrogen) atoms. The van der Waals surface area contributed by atoms with Crippen LogP contribution in [0.3, 0.4) is 0 Å². The van der Waals surface area contributed by atoms with Crippen LogP contribution in [0.5, 0.6) is 11.5 Å². The predicted octanol–water partition coefficient (Wildman–Crippen LogP) is 2.20. The van der Waals surface area contributed by atoms with Crippen LogP contribution < -0.4 is 25.7 Å². The second-order valence-corrected chi connectivity index (χ2v) is 8.23. The van der Waals surface area contributed by atoms with Gasteiger partial charge in [0.25, 0.3) is 0 Å². The molecule has 0 bridgehead atoms. The molecule has 5 N–H and O–H groups in total. The molecular weight excluding hydrogens is 519 g/mol. The van der Waals surface area contributed by atoms with Crippen molar-refractivity contribution in [2.24, 2.45) is 16.5 Å². The van der Waals surface area contributed by atoms with E-state index in [1.807, 2.05) is 0 Å². The van der Waals surface area contributed by atoms with E-state index in [1.54, 1.807) is 18.2 Å². The van der Waals surface area contributed by atoms with E-state index in [4.69, 9.17) is 43.3 Å². The van der Waals surface area contributed by atoms with Crippen LogP contribution in [0.15, 0.2) is 40.2 Å². The van der Waals surface area contributed by atoms with Crippen LogP contribution in [-0.2, 0) is 14.8 Å². The van der Waals surface area contributed by atoms with E-state index >= 15 is 0 Å². The lowest BCUT2D eigenvalue weighted by Gasteiger charge is -2.15. The van der Waals surface area contributed by atoms with E-state index in [-0.39, 0.29) is 48.6 Å². The van der Waals surface area contributed by atoms with Gasteiger partial charge in [0.2, 0.25) is 15.3 Å². The Balaban J connectivity index is 0. The number of methoxy groups -OCH3 is 2. The number of carbonyl (C=O) groups is 1. The van der Waals surface area contributed by atoms with E-state index in [9.17, 15) is 13.2 Å². The average Bonchev–Trinajstić information content (AvgIpc) is 2.75. The average molecular weight is 544 g/mol. The van der Waals surface area contributed by atoms with E-state index < -0.39 is 21.3 Å². The summed E-state index contributed by atoms with van der Waals surface area (Å²) in [4.78, 5) is 15.5. The van der Waals surface area contributed by atoms with Crippen LogP contribution >= 0.6 is 36.4 Å². The molecular formula is C18H25Cl3N6O5S. The molecule has 1 atom stereocenters. The second-order valence-electron chi connectivity index (χ2n) is 6.14. The van der Waals surface area contributed by atoms with Crippen molar-refractivity contribution in [1.29, 1.82) is 10.8 Å². The molecule has 0 radical (unpaired) electrons. The van der Waals surface area contributed by atoms with Gasteiger partial charge in [0.1, 0.15) is 0 Å². The second kappa shape index (κ2) is 15.3. The first-order valence-electron chi connectivity index (χ1n) is 8.80. The van der Waals surface area contributed by atoms with E-state index in [1.165, 1.54) is 26.4 Å². The number of hydrogen-bond donors (Lipinski definition) is 3. The Hall–Kier alpha value is -2.56. The lowest BCUT2D eigenvalue weighted by molar-refractivity contribution is -0.113. The number of halogens is 3. The van der Waals surface area contributed by atoms with Crippen molar-refractivity contribution in [3.63, 3.8) is 0 Å². The molecule has 2 rings (SSSR count). The number of ether oxygens (including phenoxy) is 2. The molecule has 0 aliphatic rings. The molecule has 2 aromatic carbocycles. The zero-order valence-electron chi connectivity index (χ0n) is 17.7. The molecule has 0 saturated carbocycles. The minimum Gasteiger partial charge on any atom is -0.493 e. The minimum absolute atomic E-state index is 0. The predicted molar refractivity (Wildman–Crippen MR) is 130 cm³/mol. The number of aliphatic imine (C=N–C) groups is 1. The third-order valence-corrected chi connectivity index (χ3v) is 5.87. The number of nitrogens with zero attached hydrogens (tertiary/aromatic N) is 3. The van der Waals surface area contributed by atoms with Crippen LogP contribution in [-0.4, -0.2) is 46.4 Å². The Kier molecular flexibility index (Phi) is 15.1. The first-order valence-corrected chi connectivity index (χ1v) is 10.7. The number of hydrogen-bond acceptors (Lipinski definition) is 8. The van der Waals surface area contributed by atoms with Gasteiger partial charge in [-0.1, -0.05) is 6.07 Å². The minimum atomic E-state index is -4.00. The summed E-state index contributed by atoms with van der Waals surface area (Å²) in [6.07, 6.45) is 0.523. The molecule has 0 saturated heterocycles. The summed E-state index contributed by atoms with van der Waals surface area (Å²) < 4.78 is 38.4. The molecule has 2 aromatic rings. The summed E-state index contributed by atoms with van der Waals surface area (Å²) in [5.41, 5.74) is 10.5. The number of rotatable bonds is 10. The fraction of sp³-hybridized carbons (Fsp3) is 0.333. The van der Waals surface area contributed by atoms with Gasteiger partial charge in [0, 0.05) is 17.3 Å². The highest BCUT2D eigenvalue weighted by molar-refractivity contribution is 7.89. The van der Waals surface area contributed by atoms with Crippen molar-refractivity contribution in [3.8, 4) is 11.5 Å². The number of guanidine groups is 1. The highest BCUT2D eigenvalue weighted by Crippen LogP contribution is 2.33. The molecule has 0 heterocycles. The monoisotopic (exact) mass is 542 g/mol. The highest BCUT2D eigenvalue weighted by atomic mass is 35.5. The third-order valence-electron chi connectivity index (χ3n) is 4.14. The standard InChI is InChI=1S/C18H23ClN4O5S.2ClH.N2/c1-27-15-9-11-5-6-13(8-12(11)10-16(15)28-2)29(25,26)23-14(17(19)24)4-3-7-22-18(20)21;;;1-2/h5-6,8-10,14,23H,3-4,7H2,1-2H3,(H4,20,21,22);2*1H;/t14-;;;/m0.../s1. The molecule has 0 fully saturated rings. The van der Waals surface area contributed by atoms with Gasteiger partial charge >= 0.3 is 0 Å². The normalized spacial score (nSPS) is 10.9. The number of carbonyl (C=O) groups excluding carboxylic acids is 1. The van der Waals surface area contributed by atoms with Crippen LogP contribution in [0.1, 0.15) is 12.8 Å². The smallest absolute Gasteiger partial charge is 0.241 e. The fourth-order valence-corrected chi connectivity index (χ4v) is 4.19. The van der Waals surface area contributed by atoms with Gasteiger partial charge in [-0.2, -0.15) is 4.72 Å². The van der Waals surface area contributed by atoms with Crippen LogP contribution in [0.25, 0.3) is 10.8 Å². The Bertz CT molecular complexity index is 1080.